The normalized spacial score (nSPS) is 17.5. The maximum atomic E-state index is 5.47. The molecule has 2 N–H and O–H groups in total. The smallest absolute Gasteiger partial charge is 0.240 e. The molecule has 0 bridgehead atoms. The summed E-state index contributed by atoms with van der Waals surface area (Å²) in [5.41, 5.74) is 5.47. The molecule has 5 heteroatoms. The quantitative estimate of drug-likeness (QED) is 0.845. The number of rotatable bonds is 5. The van der Waals surface area contributed by atoms with Gasteiger partial charge in [-0.3, -0.25) is 4.90 Å². The van der Waals surface area contributed by atoms with Gasteiger partial charge in [0, 0.05) is 12.1 Å². The third kappa shape index (κ3) is 3.04. The molecular formula is C12H22N4O. The molecule has 1 aliphatic carbocycles. The summed E-state index contributed by atoms with van der Waals surface area (Å²) in [5, 5.41) is 3.97. The molecule has 0 aliphatic heterocycles. The first-order chi connectivity index (χ1) is 8.20. The first-order valence-corrected chi connectivity index (χ1v) is 6.48. The molecule has 0 aromatic carbocycles. The highest BCUT2D eigenvalue weighted by Crippen LogP contribution is 2.26. The predicted molar refractivity (Wildman–Crippen MR) is 65.1 cm³/mol. The summed E-state index contributed by atoms with van der Waals surface area (Å²) in [6.07, 6.45) is 5.27. The largest absolute Gasteiger partial charge is 0.338 e. The van der Waals surface area contributed by atoms with Gasteiger partial charge in [0.05, 0.1) is 13.1 Å². The van der Waals surface area contributed by atoms with Crippen LogP contribution in [-0.2, 0) is 13.1 Å². The summed E-state index contributed by atoms with van der Waals surface area (Å²) < 4.78 is 5.04. The van der Waals surface area contributed by atoms with Crippen molar-refractivity contribution >= 4 is 0 Å². The standard InChI is InChI=1S/C12H22N4O/c1-9(2)16(10-5-3-4-6-10)8-11-14-12(7-13)17-15-11/h9-10H,3-8,13H2,1-2H3. The van der Waals surface area contributed by atoms with Gasteiger partial charge in [-0.1, -0.05) is 18.0 Å². The monoisotopic (exact) mass is 238 g/mol. The maximum absolute atomic E-state index is 5.47. The molecule has 2 rings (SSSR count). The average Bonchev–Trinajstić information content (AvgIpc) is 2.96. The molecule has 1 aliphatic rings. The van der Waals surface area contributed by atoms with Gasteiger partial charge in [-0.25, -0.2) is 0 Å². The second-order valence-electron chi connectivity index (χ2n) is 5.01. The Kier molecular flexibility index (Phi) is 4.12. The number of nitrogens with two attached hydrogens (primary N) is 1. The number of hydrogen-bond acceptors (Lipinski definition) is 5. The second kappa shape index (κ2) is 5.60. The zero-order valence-corrected chi connectivity index (χ0v) is 10.7. The lowest BCUT2D eigenvalue weighted by Crippen LogP contribution is -2.38. The lowest BCUT2D eigenvalue weighted by atomic mass is 10.1. The van der Waals surface area contributed by atoms with Gasteiger partial charge in [-0.15, -0.1) is 0 Å². The summed E-state index contributed by atoms with van der Waals surface area (Å²) in [5.74, 6) is 1.28. The lowest BCUT2D eigenvalue weighted by molar-refractivity contribution is 0.140. The third-order valence-electron chi connectivity index (χ3n) is 3.47. The minimum absolute atomic E-state index is 0.318. The molecule has 1 saturated carbocycles. The van der Waals surface area contributed by atoms with E-state index in [1.165, 1.54) is 25.7 Å². The summed E-state index contributed by atoms with van der Waals surface area (Å²) in [6, 6.07) is 1.19. The van der Waals surface area contributed by atoms with Crippen LogP contribution in [-0.4, -0.2) is 27.1 Å². The molecule has 1 aromatic rings. The fraction of sp³-hybridized carbons (Fsp3) is 0.833. The van der Waals surface area contributed by atoms with E-state index in [1.54, 1.807) is 0 Å². The Morgan fingerprint density at radius 3 is 2.65 bits per heavy atom. The highest BCUT2D eigenvalue weighted by Gasteiger charge is 2.25. The van der Waals surface area contributed by atoms with Crippen LogP contribution in [0, 0.1) is 0 Å². The third-order valence-corrected chi connectivity index (χ3v) is 3.47. The zero-order chi connectivity index (χ0) is 12.3. The van der Waals surface area contributed by atoms with Crippen molar-refractivity contribution in [2.75, 3.05) is 0 Å². The second-order valence-corrected chi connectivity index (χ2v) is 5.01. The van der Waals surface area contributed by atoms with Crippen molar-refractivity contribution in [3.05, 3.63) is 11.7 Å². The van der Waals surface area contributed by atoms with Crippen LogP contribution in [0.15, 0.2) is 4.52 Å². The van der Waals surface area contributed by atoms with Crippen LogP contribution in [0.2, 0.25) is 0 Å². The van der Waals surface area contributed by atoms with Crippen LogP contribution in [0.5, 0.6) is 0 Å². The van der Waals surface area contributed by atoms with E-state index in [1.807, 2.05) is 0 Å². The molecule has 96 valence electrons. The van der Waals surface area contributed by atoms with Gasteiger partial charge in [0.2, 0.25) is 5.89 Å². The van der Waals surface area contributed by atoms with Crippen LogP contribution in [0.25, 0.3) is 0 Å². The average molecular weight is 238 g/mol. The lowest BCUT2D eigenvalue weighted by Gasteiger charge is -2.31. The molecule has 1 aromatic heterocycles. The molecule has 0 spiro atoms. The molecule has 17 heavy (non-hydrogen) atoms. The Labute approximate surface area is 102 Å². The highest BCUT2D eigenvalue weighted by atomic mass is 16.5. The molecule has 0 atom stereocenters. The molecule has 0 saturated heterocycles. The van der Waals surface area contributed by atoms with Crippen molar-refractivity contribution in [1.82, 2.24) is 15.0 Å². The van der Waals surface area contributed by atoms with Gasteiger partial charge < -0.3 is 10.3 Å². The Bertz CT molecular complexity index is 344. The van der Waals surface area contributed by atoms with E-state index in [0.717, 1.165) is 12.4 Å². The molecule has 0 amide bonds. The van der Waals surface area contributed by atoms with Crippen molar-refractivity contribution in [1.29, 1.82) is 0 Å². The van der Waals surface area contributed by atoms with Crippen molar-refractivity contribution < 1.29 is 4.52 Å². The number of hydrogen-bond donors (Lipinski definition) is 1. The molecule has 0 radical (unpaired) electrons. The first kappa shape index (κ1) is 12.5. The van der Waals surface area contributed by atoms with E-state index in [9.17, 15) is 0 Å². The first-order valence-electron chi connectivity index (χ1n) is 6.48. The Morgan fingerprint density at radius 2 is 2.12 bits per heavy atom. The summed E-state index contributed by atoms with van der Waals surface area (Å²) in [4.78, 5) is 6.75. The predicted octanol–water partition coefficient (Wildman–Crippen LogP) is 1.68. The fourth-order valence-electron chi connectivity index (χ4n) is 2.57. The van der Waals surface area contributed by atoms with E-state index in [0.29, 0.717) is 24.5 Å². The Morgan fingerprint density at radius 1 is 1.41 bits per heavy atom. The fourth-order valence-corrected chi connectivity index (χ4v) is 2.57. The molecule has 5 nitrogen and oxygen atoms in total. The van der Waals surface area contributed by atoms with Gasteiger partial charge in [-0.05, 0) is 26.7 Å². The number of aromatic nitrogens is 2. The maximum Gasteiger partial charge on any atom is 0.240 e. The topological polar surface area (TPSA) is 68.2 Å². The summed E-state index contributed by atoms with van der Waals surface area (Å²) >= 11 is 0. The Hall–Kier alpha value is -0.940. The molecular weight excluding hydrogens is 216 g/mol. The van der Waals surface area contributed by atoms with Crippen LogP contribution in [0.4, 0.5) is 0 Å². The minimum Gasteiger partial charge on any atom is -0.338 e. The van der Waals surface area contributed by atoms with E-state index in [-0.39, 0.29) is 0 Å². The van der Waals surface area contributed by atoms with Crippen molar-refractivity contribution in [3.8, 4) is 0 Å². The van der Waals surface area contributed by atoms with Gasteiger partial charge in [0.15, 0.2) is 5.82 Å². The van der Waals surface area contributed by atoms with Crippen molar-refractivity contribution in [2.24, 2.45) is 5.73 Å². The van der Waals surface area contributed by atoms with Gasteiger partial charge in [0.1, 0.15) is 0 Å². The highest BCUT2D eigenvalue weighted by molar-refractivity contribution is 4.89. The van der Waals surface area contributed by atoms with Crippen LogP contribution in [0.3, 0.4) is 0 Å². The SMILES string of the molecule is CC(C)N(Cc1noc(CN)n1)C1CCCC1. The Balaban J connectivity index is 2.01. The van der Waals surface area contributed by atoms with Gasteiger partial charge in [-0.2, -0.15) is 4.98 Å². The van der Waals surface area contributed by atoms with Crippen LogP contribution < -0.4 is 5.73 Å². The van der Waals surface area contributed by atoms with Crippen LogP contribution in [0.1, 0.15) is 51.2 Å². The van der Waals surface area contributed by atoms with E-state index in [2.05, 4.69) is 28.9 Å². The molecule has 0 unspecified atom stereocenters. The van der Waals surface area contributed by atoms with Crippen molar-refractivity contribution in [3.63, 3.8) is 0 Å². The summed E-state index contributed by atoms with van der Waals surface area (Å²) in [7, 11) is 0. The zero-order valence-electron chi connectivity index (χ0n) is 10.7. The van der Waals surface area contributed by atoms with E-state index < -0.39 is 0 Å². The minimum atomic E-state index is 0.318. The summed E-state index contributed by atoms with van der Waals surface area (Å²) in [6.45, 7) is 5.54. The molecule has 1 heterocycles. The van der Waals surface area contributed by atoms with Gasteiger partial charge >= 0.3 is 0 Å². The number of nitrogens with zero attached hydrogens (tertiary/aromatic N) is 3. The van der Waals surface area contributed by atoms with Crippen LogP contribution >= 0.6 is 0 Å². The van der Waals surface area contributed by atoms with E-state index >= 15 is 0 Å². The molecule has 1 fully saturated rings. The van der Waals surface area contributed by atoms with E-state index in [4.69, 9.17) is 10.3 Å². The van der Waals surface area contributed by atoms with Gasteiger partial charge in [0.25, 0.3) is 0 Å². The van der Waals surface area contributed by atoms with Crippen molar-refractivity contribution in [2.45, 2.75) is 64.7 Å².